The summed E-state index contributed by atoms with van der Waals surface area (Å²) in [6.45, 7) is 0.343. The second-order valence-electron chi connectivity index (χ2n) is 3.03. The van der Waals surface area contributed by atoms with E-state index in [1.165, 1.54) is 12.1 Å². The molecule has 0 amide bonds. The molecule has 0 atom stereocenters. The molecule has 0 fully saturated rings. The van der Waals surface area contributed by atoms with Crippen molar-refractivity contribution in [3.05, 3.63) is 34.1 Å². The summed E-state index contributed by atoms with van der Waals surface area (Å²) < 4.78 is 13.5. The zero-order valence-corrected chi connectivity index (χ0v) is 9.18. The van der Waals surface area contributed by atoms with Crippen molar-refractivity contribution in [3.8, 4) is 0 Å². The molecule has 14 heavy (non-hydrogen) atoms. The van der Waals surface area contributed by atoms with Crippen LogP contribution in [-0.2, 0) is 11.2 Å². The first kappa shape index (κ1) is 11.3. The molecule has 0 spiro atoms. The van der Waals surface area contributed by atoms with E-state index in [9.17, 15) is 9.18 Å². The summed E-state index contributed by atoms with van der Waals surface area (Å²) in [5.41, 5.74) is 5.91. The van der Waals surface area contributed by atoms with Gasteiger partial charge in [-0.2, -0.15) is 0 Å². The van der Waals surface area contributed by atoms with Crippen molar-refractivity contribution in [1.82, 2.24) is 0 Å². The van der Waals surface area contributed by atoms with Gasteiger partial charge in [0.1, 0.15) is 11.6 Å². The first-order chi connectivity index (χ1) is 6.61. The van der Waals surface area contributed by atoms with Crippen LogP contribution in [0.25, 0.3) is 0 Å². The summed E-state index contributed by atoms with van der Waals surface area (Å²) in [4.78, 5) is 11.2. The van der Waals surface area contributed by atoms with Crippen molar-refractivity contribution in [1.29, 1.82) is 0 Å². The normalized spacial score (nSPS) is 10.2. The number of Topliss-reactive ketones (excluding diaryl/α,β-unsaturated/α-hetero) is 1. The Balaban J connectivity index is 2.71. The zero-order chi connectivity index (χ0) is 10.6. The van der Waals surface area contributed by atoms with E-state index in [0.29, 0.717) is 23.0 Å². The van der Waals surface area contributed by atoms with Gasteiger partial charge in [-0.15, -0.1) is 0 Å². The van der Waals surface area contributed by atoms with Gasteiger partial charge in [-0.25, -0.2) is 4.39 Å². The second-order valence-corrected chi connectivity index (χ2v) is 3.95. The molecule has 2 N–H and O–H groups in total. The van der Waals surface area contributed by atoms with Gasteiger partial charge in [0.2, 0.25) is 0 Å². The fourth-order valence-corrected chi connectivity index (χ4v) is 1.70. The third-order valence-electron chi connectivity index (χ3n) is 1.75. The molecule has 1 aromatic rings. The standard InChI is InChI=1S/C10H11BrFNO/c11-8-3-7(4-9(12)6-8)5-10(14)1-2-13/h3-4,6H,1-2,5,13H2. The van der Waals surface area contributed by atoms with E-state index in [0.717, 1.165) is 0 Å². The Bertz CT molecular complexity index is 321. The monoisotopic (exact) mass is 259 g/mol. The molecule has 2 nitrogen and oxygen atoms in total. The summed E-state index contributed by atoms with van der Waals surface area (Å²) in [5, 5.41) is 0. The molecule has 0 aliphatic carbocycles. The van der Waals surface area contributed by atoms with Gasteiger partial charge in [-0.05, 0) is 30.3 Å². The zero-order valence-electron chi connectivity index (χ0n) is 7.59. The smallest absolute Gasteiger partial charge is 0.138 e. The highest BCUT2D eigenvalue weighted by Crippen LogP contribution is 2.15. The second kappa shape index (κ2) is 5.22. The van der Waals surface area contributed by atoms with Crippen molar-refractivity contribution >= 4 is 21.7 Å². The molecule has 76 valence electrons. The van der Waals surface area contributed by atoms with Crippen LogP contribution in [-0.4, -0.2) is 12.3 Å². The first-order valence-corrected chi connectivity index (χ1v) is 5.08. The molecule has 0 aromatic heterocycles. The van der Waals surface area contributed by atoms with Crippen molar-refractivity contribution in [2.45, 2.75) is 12.8 Å². The van der Waals surface area contributed by atoms with E-state index < -0.39 is 0 Å². The summed E-state index contributed by atoms with van der Waals surface area (Å²) in [6, 6.07) is 4.45. The van der Waals surface area contributed by atoms with Crippen LogP contribution in [0.2, 0.25) is 0 Å². The maximum atomic E-state index is 12.9. The van der Waals surface area contributed by atoms with Gasteiger partial charge in [-0.1, -0.05) is 15.9 Å². The largest absolute Gasteiger partial charge is 0.330 e. The molecule has 0 aliphatic rings. The van der Waals surface area contributed by atoms with Gasteiger partial charge in [-0.3, -0.25) is 4.79 Å². The predicted molar refractivity (Wildman–Crippen MR) is 56.5 cm³/mol. The summed E-state index contributed by atoms with van der Waals surface area (Å²) >= 11 is 3.17. The van der Waals surface area contributed by atoms with Crippen LogP contribution in [0.15, 0.2) is 22.7 Å². The molecule has 0 saturated carbocycles. The van der Waals surface area contributed by atoms with Gasteiger partial charge in [0, 0.05) is 17.3 Å². The van der Waals surface area contributed by atoms with Crippen molar-refractivity contribution < 1.29 is 9.18 Å². The number of halogens is 2. The van der Waals surface area contributed by atoms with Crippen molar-refractivity contribution in [3.63, 3.8) is 0 Å². The number of carbonyl (C=O) groups excluding carboxylic acids is 1. The minimum absolute atomic E-state index is 0.0324. The van der Waals surface area contributed by atoms with Crippen LogP contribution in [0.1, 0.15) is 12.0 Å². The maximum absolute atomic E-state index is 12.9. The summed E-state index contributed by atoms with van der Waals surface area (Å²) in [5.74, 6) is -0.306. The Hall–Kier alpha value is -0.740. The van der Waals surface area contributed by atoms with E-state index in [1.807, 2.05) is 0 Å². The summed E-state index contributed by atoms with van der Waals surface area (Å²) in [7, 11) is 0. The number of hydrogen-bond acceptors (Lipinski definition) is 2. The molecular weight excluding hydrogens is 249 g/mol. The molecular formula is C10H11BrFNO. The van der Waals surface area contributed by atoms with Crippen LogP contribution in [0.5, 0.6) is 0 Å². The van der Waals surface area contributed by atoms with Crippen molar-refractivity contribution in [2.24, 2.45) is 5.73 Å². The molecule has 0 radical (unpaired) electrons. The predicted octanol–water partition coefficient (Wildman–Crippen LogP) is 2.05. The number of ketones is 1. The molecule has 1 aromatic carbocycles. The number of carbonyl (C=O) groups is 1. The number of hydrogen-bond donors (Lipinski definition) is 1. The van der Waals surface area contributed by atoms with E-state index in [1.54, 1.807) is 6.07 Å². The number of nitrogens with two attached hydrogens (primary N) is 1. The lowest BCUT2D eigenvalue weighted by Gasteiger charge is -2.01. The minimum Gasteiger partial charge on any atom is -0.330 e. The van der Waals surface area contributed by atoms with Crippen LogP contribution in [0.3, 0.4) is 0 Å². The lowest BCUT2D eigenvalue weighted by atomic mass is 10.1. The molecule has 1 rings (SSSR count). The maximum Gasteiger partial charge on any atom is 0.138 e. The highest BCUT2D eigenvalue weighted by atomic mass is 79.9. The quantitative estimate of drug-likeness (QED) is 0.900. The van der Waals surface area contributed by atoms with Gasteiger partial charge >= 0.3 is 0 Å². The SMILES string of the molecule is NCCC(=O)Cc1cc(F)cc(Br)c1. The van der Waals surface area contributed by atoms with E-state index in [-0.39, 0.29) is 18.0 Å². The van der Waals surface area contributed by atoms with Gasteiger partial charge in [0.15, 0.2) is 0 Å². The Kier molecular flexibility index (Phi) is 4.22. The van der Waals surface area contributed by atoms with E-state index in [4.69, 9.17) is 5.73 Å². The molecule has 0 unspecified atom stereocenters. The van der Waals surface area contributed by atoms with E-state index in [2.05, 4.69) is 15.9 Å². The fourth-order valence-electron chi connectivity index (χ4n) is 1.19. The Morgan fingerprint density at radius 2 is 2.14 bits per heavy atom. The average molecular weight is 260 g/mol. The van der Waals surface area contributed by atoms with E-state index >= 15 is 0 Å². The molecule has 0 heterocycles. The van der Waals surface area contributed by atoms with Crippen LogP contribution in [0, 0.1) is 5.82 Å². The number of benzene rings is 1. The Morgan fingerprint density at radius 3 is 2.71 bits per heavy atom. The molecule has 0 saturated heterocycles. The lowest BCUT2D eigenvalue weighted by Crippen LogP contribution is -2.10. The molecule has 4 heteroatoms. The Labute approximate surface area is 90.4 Å². The van der Waals surface area contributed by atoms with Crippen LogP contribution >= 0.6 is 15.9 Å². The van der Waals surface area contributed by atoms with Gasteiger partial charge < -0.3 is 5.73 Å². The third kappa shape index (κ3) is 3.55. The first-order valence-electron chi connectivity index (χ1n) is 4.28. The molecule has 0 bridgehead atoms. The summed E-state index contributed by atoms with van der Waals surface area (Å²) in [6.07, 6.45) is 0.585. The lowest BCUT2D eigenvalue weighted by molar-refractivity contribution is -0.118. The number of rotatable bonds is 4. The Morgan fingerprint density at radius 1 is 1.43 bits per heavy atom. The third-order valence-corrected chi connectivity index (χ3v) is 2.20. The average Bonchev–Trinajstić information content (AvgIpc) is 2.01. The van der Waals surface area contributed by atoms with Crippen molar-refractivity contribution in [2.75, 3.05) is 6.54 Å². The van der Waals surface area contributed by atoms with Crippen LogP contribution in [0.4, 0.5) is 4.39 Å². The fraction of sp³-hybridized carbons (Fsp3) is 0.300. The molecule has 0 aliphatic heterocycles. The minimum atomic E-state index is -0.338. The van der Waals surface area contributed by atoms with Gasteiger partial charge in [0.25, 0.3) is 0 Å². The topological polar surface area (TPSA) is 43.1 Å². The highest BCUT2D eigenvalue weighted by Gasteiger charge is 2.04. The highest BCUT2D eigenvalue weighted by molar-refractivity contribution is 9.10. The van der Waals surface area contributed by atoms with Gasteiger partial charge in [0.05, 0.1) is 0 Å². The van der Waals surface area contributed by atoms with Crippen LogP contribution < -0.4 is 5.73 Å².